The van der Waals surface area contributed by atoms with Crippen LogP contribution in [0.2, 0.25) is 0 Å². The predicted molar refractivity (Wildman–Crippen MR) is 88.2 cm³/mol. The highest BCUT2D eigenvalue weighted by Crippen LogP contribution is 2.52. The highest BCUT2D eigenvalue weighted by molar-refractivity contribution is 5.33. The lowest BCUT2D eigenvalue weighted by Gasteiger charge is -2.49. The van der Waals surface area contributed by atoms with E-state index in [2.05, 4.69) is 57.2 Å². The van der Waals surface area contributed by atoms with Gasteiger partial charge in [-0.05, 0) is 36.2 Å². The summed E-state index contributed by atoms with van der Waals surface area (Å²) in [5.74, 6) is 0.763. The normalized spacial score (nSPS) is 33.2. The third kappa shape index (κ3) is 2.81. The minimum atomic E-state index is -0.490. The van der Waals surface area contributed by atoms with E-state index in [1.807, 2.05) is 0 Å². The Morgan fingerprint density at radius 1 is 1.10 bits per heavy atom. The van der Waals surface area contributed by atoms with Gasteiger partial charge in [-0.15, -0.1) is 0 Å². The van der Waals surface area contributed by atoms with Crippen LogP contribution in [-0.2, 0) is 0 Å². The standard InChI is InChI=1S/C20H28O/c1-19(2,3)16-13-17(15-9-5-4-6-10-15)18-11-7-8-12-20(18,21)14-16/h4-6,9-10,13,17-18,21H,7-8,11-12,14H2,1-3H3/t17?,18-,20-/m1/s1. The summed E-state index contributed by atoms with van der Waals surface area (Å²) in [5, 5.41) is 11.3. The molecule has 0 amide bonds. The second-order valence-electron chi connectivity index (χ2n) is 8.01. The molecule has 3 rings (SSSR count). The van der Waals surface area contributed by atoms with E-state index in [1.54, 1.807) is 0 Å². The average Bonchev–Trinajstić information content (AvgIpc) is 2.45. The van der Waals surface area contributed by atoms with E-state index in [1.165, 1.54) is 24.0 Å². The van der Waals surface area contributed by atoms with Crippen LogP contribution in [0.3, 0.4) is 0 Å². The number of hydrogen-bond donors (Lipinski definition) is 1. The molecule has 1 saturated carbocycles. The van der Waals surface area contributed by atoms with Crippen LogP contribution in [-0.4, -0.2) is 10.7 Å². The first-order valence-electron chi connectivity index (χ1n) is 8.39. The molecule has 0 spiro atoms. The molecule has 114 valence electrons. The SMILES string of the molecule is CC(C)(C)C1=CC(c2ccccc2)[C@H]2CCCC[C@@]2(O)C1. The molecule has 0 radical (unpaired) electrons. The summed E-state index contributed by atoms with van der Waals surface area (Å²) in [6.07, 6.45) is 7.89. The zero-order chi connectivity index (χ0) is 15.1. The third-order valence-electron chi connectivity index (χ3n) is 5.52. The van der Waals surface area contributed by atoms with Crippen LogP contribution in [0.1, 0.15) is 64.4 Å². The summed E-state index contributed by atoms with van der Waals surface area (Å²) in [6, 6.07) is 10.8. The minimum Gasteiger partial charge on any atom is -0.389 e. The fourth-order valence-corrected chi connectivity index (χ4v) is 4.22. The Kier molecular flexibility index (Phi) is 3.73. The van der Waals surface area contributed by atoms with Gasteiger partial charge in [-0.3, -0.25) is 0 Å². The molecule has 1 aromatic carbocycles. The summed E-state index contributed by atoms with van der Waals surface area (Å²) in [4.78, 5) is 0. The molecule has 1 fully saturated rings. The predicted octanol–water partition coefficient (Wildman–Crippen LogP) is 5.07. The second-order valence-corrected chi connectivity index (χ2v) is 8.01. The van der Waals surface area contributed by atoms with Gasteiger partial charge in [0.05, 0.1) is 5.60 Å². The lowest BCUT2D eigenvalue weighted by atomic mass is 9.59. The molecule has 2 aliphatic rings. The fourth-order valence-electron chi connectivity index (χ4n) is 4.22. The highest BCUT2D eigenvalue weighted by atomic mass is 16.3. The monoisotopic (exact) mass is 284 g/mol. The van der Waals surface area contributed by atoms with E-state index >= 15 is 0 Å². The topological polar surface area (TPSA) is 20.2 Å². The van der Waals surface area contributed by atoms with Gasteiger partial charge in [-0.2, -0.15) is 0 Å². The van der Waals surface area contributed by atoms with E-state index in [0.717, 1.165) is 19.3 Å². The summed E-state index contributed by atoms with van der Waals surface area (Å²) in [7, 11) is 0. The van der Waals surface area contributed by atoms with Crippen molar-refractivity contribution in [2.45, 2.75) is 64.4 Å². The fraction of sp³-hybridized carbons (Fsp3) is 0.600. The van der Waals surface area contributed by atoms with Crippen LogP contribution >= 0.6 is 0 Å². The molecule has 3 atom stereocenters. The van der Waals surface area contributed by atoms with Gasteiger partial charge in [0.25, 0.3) is 0 Å². The zero-order valence-corrected chi connectivity index (χ0v) is 13.6. The van der Waals surface area contributed by atoms with Crippen LogP contribution in [0.15, 0.2) is 42.0 Å². The molecular weight excluding hydrogens is 256 g/mol. The van der Waals surface area contributed by atoms with E-state index in [4.69, 9.17) is 0 Å². The molecule has 0 aromatic heterocycles. The first kappa shape index (κ1) is 14.8. The van der Waals surface area contributed by atoms with Crippen LogP contribution in [0.25, 0.3) is 0 Å². The van der Waals surface area contributed by atoms with Crippen LogP contribution < -0.4 is 0 Å². The lowest BCUT2D eigenvalue weighted by Crippen LogP contribution is -2.47. The van der Waals surface area contributed by atoms with E-state index in [-0.39, 0.29) is 5.41 Å². The zero-order valence-electron chi connectivity index (χ0n) is 13.6. The second kappa shape index (κ2) is 5.28. The average molecular weight is 284 g/mol. The lowest BCUT2D eigenvalue weighted by molar-refractivity contribution is -0.0619. The van der Waals surface area contributed by atoms with Gasteiger partial charge in [-0.1, -0.05) is 75.6 Å². The minimum absolute atomic E-state index is 0.144. The van der Waals surface area contributed by atoms with Crippen LogP contribution in [0.5, 0.6) is 0 Å². The first-order chi connectivity index (χ1) is 9.90. The Balaban J connectivity index is 2.05. The first-order valence-corrected chi connectivity index (χ1v) is 8.39. The molecule has 0 aliphatic heterocycles. The number of aliphatic hydroxyl groups is 1. The van der Waals surface area contributed by atoms with Crippen molar-refractivity contribution in [2.75, 3.05) is 0 Å². The van der Waals surface area contributed by atoms with Crippen molar-refractivity contribution >= 4 is 0 Å². The summed E-state index contributed by atoms with van der Waals surface area (Å²) in [6.45, 7) is 6.81. The Morgan fingerprint density at radius 3 is 2.48 bits per heavy atom. The Morgan fingerprint density at radius 2 is 1.81 bits per heavy atom. The van der Waals surface area contributed by atoms with E-state index in [9.17, 15) is 5.11 Å². The molecular formula is C20H28O. The molecule has 1 unspecified atom stereocenters. The molecule has 1 nitrogen and oxygen atoms in total. The number of fused-ring (bicyclic) bond motifs is 1. The molecule has 21 heavy (non-hydrogen) atoms. The molecule has 2 aliphatic carbocycles. The number of benzene rings is 1. The molecule has 0 bridgehead atoms. The van der Waals surface area contributed by atoms with Crippen molar-refractivity contribution in [1.29, 1.82) is 0 Å². The maximum atomic E-state index is 11.3. The number of rotatable bonds is 1. The molecule has 1 N–H and O–H groups in total. The number of allylic oxidation sites excluding steroid dienone is 1. The van der Waals surface area contributed by atoms with Gasteiger partial charge in [-0.25, -0.2) is 0 Å². The van der Waals surface area contributed by atoms with Gasteiger partial charge >= 0.3 is 0 Å². The Bertz CT molecular complexity index is 523. The van der Waals surface area contributed by atoms with Gasteiger partial charge in [0.15, 0.2) is 0 Å². The highest BCUT2D eigenvalue weighted by Gasteiger charge is 2.47. The van der Waals surface area contributed by atoms with Gasteiger partial charge < -0.3 is 5.11 Å². The van der Waals surface area contributed by atoms with E-state index < -0.39 is 5.60 Å². The van der Waals surface area contributed by atoms with Crippen molar-refractivity contribution in [2.24, 2.45) is 11.3 Å². The van der Waals surface area contributed by atoms with Gasteiger partial charge in [0.1, 0.15) is 0 Å². The van der Waals surface area contributed by atoms with Crippen molar-refractivity contribution < 1.29 is 5.11 Å². The summed E-state index contributed by atoms with van der Waals surface area (Å²) < 4.78 is 0. The van der Waals surface area contributed by atoms with E-state index in [0.29, 0.717) is 11.8 Å². The Labute approximate surface area is 129 Å². The van der Waals surface area contributed by atoms with Gasteiger partial charge in [0, 0.05) is 5.92 Å². The van der Waals surface area contributed by atoms with Crippen molar-refractivity contribution in [1.82, 2.24) is 0 Å². The smallest absolute Gasteiger partial charge is 0.0721 e. The van der Waals surface area contributed by atoms with Crippen molar-refractivity contribution in [3.05, 3.63) is 47.5 Å². The number of hydrogen-bond acceptors (Lipinski definition) is 1. The molecule has 0 saturated heterocycles. The van der Waals surface area contributed by atoms with Crippen LogP contribution in [0, 0.1) is 11.3 Å². The molecule has 0 heterocycles. The largest absolute Gasteiger partial charge is 0.389 e. The van der Waals surface area contributed by atoms with Crippen molar-refractivity contribution in [3.8, 4) is 0 Å². The third-order valence-corrected chi connectivity index (χ3v) is 5.52. The molecule has 1 aromatic rings. The van der Waals surface area contributed by atoms with Crippen molar-refractivity contribution in [3.63, 3.8) is 0 Å². The summed E-state index contributed by atoms with van der Waals surface area (Å²) >= 11 is 0. The molecule has 1 heteroatoms. The van der Waals surface area contributed by atoms with Crippen LogP contribution in [0.4, 0.5) is 0 Å². The summed E-state index contributed by atoms with van der Waals surface area (Å²) in [5.41, 5.74) is 2.45. The quantitative estimate of drug-likeness (QED) is 0.714. The maximum absolute atomic E-state index is 11.3. The van der Waals surface area contributed by atoms with Gasteiger partial charge in [0.2, 0.25) is 0 Å². The Hall–Kier alpha value is -1.08. The maximum Gasteiger partial charge on any atom is 0.0721 e.